The number of anilines is 1. The first-order valence-electron chi connectivity index (χ1n) is 14.2. The van der Waals surface area contributed by atoms with Crippen molar-refractivity contribution >= 4 is 29.7 Å². The Labute approximate surface area is 238 Å². The van der Waals surface area contributed by atoms with Gasteiger partial charge in [-0.05, 0) is 79.0 Å². The molecule has 0 saturated carbocycles. The van der Waals surface area contributed by atoms with Crippen LogP contribution in [0.15, 0.2) is 66.7 Å². The molecule has 6 nitrogen and oxygen atoms in total. The zero-order valence-electron chi connectivity index (χ0n) is 24.2. The van der Waals surface area contributed by atoms with Crippen molar-refractivity contribution in [1.29, 1.82) is 0 Å². The van der Waals surface area contributed by atoms with Crippen LogP contribution in [0.2, 0.25) is 0 Å². The fourth-order valence-electron chi connectivity index (χ4n) is 4.57. The van der Waals surface area contributed by atoms with Crippen molar-refractivity contribution in [3.05, 3.63) is 89.1 Å². The molecule has 2 N–H and O–H groups in total. The van der Waals surface area contributed by atoms with Gasteiger partial charge in [0.15, 0.2) is 0 Å². The van der Waals surface area contributed by atoms with Gasteiger partial charge in [-0.25, -0.2) is 4.98 Å². The topological polar surface area (TPSA) is 88.5 Å². The maximum Gasteiger partial charge on any atom is 0.310 e. The quantitative estimate of drug-likeness (QED) is 0.190. The first-order chi connectivity index (χ1) is 19.2. The molecule has 0 radical (unpaired) electrons. The smallest absolute Gasteiger partial charge is 0.310 e. The molecule has 0 bridgehead atoms. The molecule has 0 aliphatic heterocycles. The van der Waals surface area contributed by atoms with Gasteiger partial charge in [0.1, 0.15) is 0 Å². The number of hydrogen-bond acceptors (Lipinski definition) is 4. The summed E-state index contributed by atoms with van der Waals surface area (Å²) in [6, 6.07) is 22.0. The van der Waals surface area contributed by atoms with Crippen LogP contribution in [-0.2, 0) is 16.0 Å². The Kier molecular flexibility index (Phi) is 11.5. The number of aromatic nitrogens is 1. The summed E-state index contributed by atoms with van der Waals surface area (Å²) in [5.41, 5.74) is 3.97. The van der Waals surface area contributed by atoms with Crippen LogP contribution in [0.4, 0.5) is 5.69 Å². The zero-order chi connectivity index (χ0) is 29.0. The molecule has 212 valence electrons. The van der Waals surface area contributed by atoms with E-state index >= 15 is 0 Å². The van der Waals surface area contributed by atoms with Gasteiger partial charge in [-0.3, -0.25) is 9.59 Å². The molecule has 6 heteroatoms. The summed E-state index contributed by atoms with van der Waals surface area (Å²) in [5, 5.41) is 12.5. The standard InChI is InChI=1S/C34H42N2O4/c1-5-34(6-2,33(38)39)24-31(37)35-30-14-9-12-27(23-30)18-21-29-13-10-15-32(36-29)40-22-8-7-11-26-16-19-28(20-17-26)25(3)4/h9-10,12-21,23,25H,5-8,11,22,24H2,1-4H3,(H,35,37)(H,38,39)/b21-18+. The highest BCUT2D eigenvalue weighted by molar-refractivity contribution is 5.94. The molecule has 2 aromatic carbocycles. The predicted octanol–water partition coefficient (Wildman–Crippen LogP) is 8.00. The van der Waals surface area contributed by atoms with E-state index in [2.05, 4.69) is 48.4 Å². The van der Waals surface area contributed by atoms with E-state index in [1.807, 2.05) is 48.6 Å². The number of nitrogens with one attached hydrogen (secondary N) is 1. The largest absolute Gasteiger partial charge is 0.481 e. The number of aryl methyl sites for hydroxylation is 1. The molecule has 0 spiro atoms. The second-order valence-corrected chi connectivity index (χ2v) is 10.6. The van der Waals surface area contributed by atoms with Crippen molar-refractivity contribution < 1.29 is 19.4 Å². The third-order valence-corrected chi connectivity index (χ3v) is 7.42. The molecule has 1 heterocycles. The molecule has 40 heavy (non-hydrogen) atoms. The Morgan fingerprint density at radius 2 is 1.70 bits per heavy atom. The molecule has 0 aliphatic carbocycles. The fourth-order valence-corrected chi connectivity index (χ4v) is 4.57. The molecule has 0 atom stereocenters. The van der Waals surface area contributed by atoms with Crippen molar-refractivity contribution in [2.75, 3.05) is 11.9 Å². The lowest BCUT2D eigenvalue weighted by atomic mass is 9.79. The first kappa shape index (κ1) is 30.6. The van der Waals surface area contributed by atoms with Crippen LogP contribution >= 0.6 is 0 Å². The van der Waals surface area contributed by atoms with E-state index in [1.165, 1.54) is 11.1 Å². The third-order valence-electron chi connectivity index (χ3n) is 7.42. The number of hydrogen-bond donors (Lipinski definition) is 2. The van der Waals surface area contributed by atoms with Crippen LogP contribution in [0.3, 0.4) is 0 Å². The molecule has 1 aromatic heterocycles. The Hall–Kier alpha value is -3.93. The molecule has 1 amide bonds. The summed E-state index contributed by atoms with van der Waals surface area (Å²) in [6.07, 6.45) is 7.62. The summed E-state index contributed by atoms with van der Waals surface area (Å²) in [5.74, 6) is -0.0889. The lowest BCUT2D eigenvalue weighted by Gasteiger charge is -2.25. The van der Waals surface area contributed by atoms with Crippen LogP contribution in [0.25, 0.3) is 12.2 Å². The molecule has 0 saturated heterocycles. The minimum absolute atomic E-state index is 0.0580. The minimum Gasteiger partial charge on any atom is -0.481 e. The van der Waals surface area contributed by atoms with Gasteiger partial charge in [-0.2, -0.15) is 0 Å². The van der Waals surface area contributed by atoms with Crippen molar-refractivity contribution in [1.82, 2.24) is 4.98 Å². The van der Waals surface area contributed by atoms with Gasteiger partial charge in [0.2, 0.25) is 11.8 Å². The Morgan fingerprint density at radius 1 is 0.975 bits per heavy atom. The maximum absolute atomic E-state index is 12.6. The number of ether oxygens (including phenoxy) is 1. The number of carbonyl (C=O) groups excluding carboxylic acids is 1. The molecule has 3 rings (SSSR count). The number of amides is 1. The van der Waals surface area contributed by atoms with Crippen LogP contribution in [0.1, 0.15) is 88.1 Å². The average molecular weight is 543 g/mol. The number of unbranched alkanes of at least 4 members (excludes halogenated alkanes) is 1. The third kappa shape index (κ3) is 9.08. The molecule has 0 unspecified atom stereocenters. The van der Waals surface area contributed by atoms with Gasteiger partial charge >= 0.3 is 5.97 Å². The van der Waals surface area contributed by atoms with Crippen molar-refractivity contribution in [2.45, 2.75) is 72.1 Å². The summed E-state index contributed by atoms with van der Waals surface area (Å²) >= 11 is 0. The summed E-state index contributed by atoms with van der Waals surface area (Å²) < 4.78 is 5.89. The minimum atomic E-state index is -1.04. The second-order valence-electron chi connectivity index (χ2n) is 10.6. The van der Waals surface area contributed by atoms with Gasteiger partial charge in [-0.15, -0.1) is 0 Å². The van der Waals surface area contributed by atoms with Crippen LogP contribution in [0.5, 0.6) is 5.88 Å². The van der Waals surface area contributed by atoms with Crippen LogP contribution in [0, 0.1) is 5.41 Å². The van der Waals surface area contributed by atoms with Gasteiger partial charge in [0, 0.05) is 18.2 Å². The highest BCUT2D eigenvalue weighted by Gasteiger charge is 2.37. The van der Waals surface area contributed by atoms with Crippen molar-refractivity contribution in [3.8, 4) is 5.88 Å². The molecular formula is C34H42N2O4. The number of nitrogens with zero attached hydrogens (tertiary/aromatic N) is 1. The molecular weight excluding hydrogens is 500 g/mol. The Morgan fingerprint density at radius 3 is 2.38 bits per heavy atom. The Bertz CT molecular complexity index is 1280. The SMILES string of the molecule is CCC(CC)(CC(=O)Nc1cccc(/C=C/c2cccc(OCCCCc3ccc(C(C)C)cc3)n2)c1)C(=O)O. The monoisotopic (exact) mass is 542 g/mol. The summed E-state index contributed by atoms with van der Waals surface area (Å²) in [4.78, 5) is 28.9. The van der Waals surface area contributed by atoms with Crippen molar-refractivity contribution in [3.63, 3.8) is 0 Å². The average Bonchev–Trinajstić information content (AvgIpc) is 2.95. The van der Waals surface area contributed by atoms with E-state index in [0.29, 0.717) is 36.9 Å². The van der Waals surface area contributed by atoms with Gasteiger partial charge in [-0.1, -0.05) is 76.2 Å². The highest BCUT2D eigenvalue weighted by Crippen LogP contribution is 2.31. The van der Waals surface area contributed by atoms with Crippen molar-refractivity contribution in [2.24, 2.45) is 5.41 Å². The lowest BCUT2D eigenvalue weighted by molar-refractivity contribution is -0.151. The number of aliphatic carboxylic acids is 1. The highest BCUT2D eigenvalue weighted by atomic mass is 16.5. The number of pyridine rings is 1. The van der Waals surface area contributed by atoms with E-state index < -0.39 is 11.4 Å². The number of carbonyl (C=O) groups is 2. The summed E-state index contributed by atoms with van der Waals surface area (Å²) in [7, 11) is 0. The number of carboxylic acid groups (broad SMARTS) is 1. The molecule has 3 aromatic rings. The van der Waals surface area contributed by atoms with Gasteiger partial charge in [0.25, 0.3) is 0 Å². The fraction of sp³-hybridized carbons (Fsp3) is 0.382. The lowest BCUT2D eigenvalue weighted by Crippen LogP contribution is -2.34. The zero-order valence-corrected chi connectivity index (χ0v) is 24.2. The van der Waals surface area contributed by atoms with Gasteiger partial charge in [0.05, 0.1) is 17.7 Å². The molecule has 0 fully saturated rings. The summed E-state index contributed by atoms with van der Waals surface area (Å²) in [6.45, 7) is 8.64. The van der Waals surface area contributed by atoms with Crippen LogP contribution < -0.4 is 10.1 Å². The van der Waals surface area contributed by atoms with Crippen LogP contribution in [-0.4, -0.2) is 28.6 Å². The van der Waals surface area contributed by atoms with Gasteiger partial charge < -0.3 is 15.2 Å². The van der Waals surface area contributed by atoms with E-state index in [1.54, 1.807) is 19.9 Å². The number of carboxylic acids is 1. The predicted molar refractivity (Wildman–Crippen MR) is 162 cm³/mol. The second kappa shape index (κ2) is 15.0. The number of benzene rings is 2. The van der Waals surface area contributed by atoms with E-state index in [-0.39, 0.29) is 12.3 Å². The number of rotatable bonds is 15. The van der Waals surface area contributed by atoms with E-state index in [0.717, 1.165) is 30.5 Å². The normalized spacial score (nSPS) is 11.6. The Balaban J connectivity index is 1.49. The van der Waals surface area contributed by atoms with E-state index in [9.17, 15) is 14.7 Å². The first-order valence-corrected chi connectivity index (χ1v) is 14.2. The molecule has 0 aliphatic rings. The maximum atomic E-state index is 12.6. The van der Waals surface area contributed by atoms with E-state index in [4.69, 9.17) is 4.74 Å².